The molecule has 4 nitrogen and oxygen atoms in total. The first-order chi connectivity index (χ1) is 13.5. The number of halogens is 2. The fraction of sp³-hybridized carbons (Fsp3) is 0.364. The Morgan fingerprint density at radius 1 is 1.07 bits per heavy atom. The minimum Gasteiger partial charge on any atom is -0.355 e. The smallest absolute Gasteiger partial charge is 0.243 e. The van der Waals surface area contributed by atoms with Crippen molar-refractivity contribution >= 4 is 35.0 Å². The summed E-state index contributed by atoms with van der Waals surface area (Å²) in [4.78, 5) is 27.4. The Labute approximate surface area is 176 Å². The quantitative estimate of drug-likeness (QED) is 0.628. The first-order valence-electron chi connectivity index (χ1n) is 9.51. The average Bonchev–Trinajstić information content (AvgIpc) is 2.67. The summed E-state index contributed by atoms with van der Waals surface area (Å²) >= 11 is 12.3. The summed E-state index contributed by atoms with van der Waals surface area (Å²) in [6.07, 6.45) is 1.51. The van der Waals surface area contributed by atoms with Crippen LogP contribution in [0.25, 0.3) is 0 Å². The largest absolute Gasteiger partial charge is 0.355 e. The van der Waals surface area contributed by atoms with Crippen LogP contribution in [0.3, 0.4) is 0 Å². The van der Waals surface area contributed by atoms with Gasteiger partial charge in [0.05, 0.1) is 0 Å². The standard InChI is InChI=1S/C22H26Cl2N2O2/c1-3-8-21(27)26(15-17-11-12-18(23)14-19(17)24)20(22(28)25-4-2)13-16-9-6-5-7-10-16/h5-7,9-12,14,20H,3-4,8,13,15H2,1-2H3,(H,25,28). The molecule has 1 unspecified atom stereocenters. The fourth-order valence-electron chi connectivity index (χ4n) is 3.04. The van der Waals surface area contributed by atoms with Crippen LogP contribution in [0, 0.1) is 0 Å². The van der Waals surface area contributed by atoms with Gasteiger partial charge in [-0.1, -0.05) is 66.5 Å². The molecule has 0 aliphatic heterocycles. The van der Waals surface area contributed by atoms with Crippen LogP contribution in [0.2, 0.25) is 10.0 Å². The Balaban J connectivity index is 2.38. The number of amides is 2. The molecule has 28 heavy (non-hydrogen) atoms. The molecule has 150 valence electrons. The van der Waals surface area contributed by atoms with Crippen molar-refractivity contribution < 1.29 is 9.59 Å². The number of rotatable bonds is 9. The predicted octanol–water partition coefficient (Wildman–Crippen LogP) is 4.87. The number of nitrogens with one attached hydrogen (secondary N) is 1. The molecule has 0 bridgehead atoms. The highest BCUT2D eigenvalue weighted by molar-refractivity contribution is 6.35. The second kappa shape index (κ2) is 11.1. The summed E-state index contributed by atoms with van der Waals surface area (Å²) in [6.45, 7) is 4.57. The molecule has 2 aromatic rings. The van der Waals surface area contributed by atoms with Gasteiger partial charge >= 0.3 is 0 Å². The van der Waals surface area contributed by atoms with E-state index in [-0.39, 0.29) is 18.4 Å². The number of carbonyl (C=O) groups is 2. The first kappa shape index (κ1) is 22.3. The van der Waals surface area contributed by atoms with Crippen molar-refractivity contribution in [3.63, 3.8) is 0 Å². The Bertz CT molecular complexity index is 796. The van der Waals surface area contributed by atoms with Gasteiger partial charge in [-0.2, -0.15) is 0 Å². The molecule has 0 aliphatic carbocycles. The first-order valence-corrected chi connectivity index (χ1v) is 10.3. The number of carbonyl (C=O) groups excluding carboxylic acids is 2. The molecule has 2 rings (SSSR count). The maximum atomic E-state index is 12.9. The average molecular weight is 421 g/mol. The number of hydrogen-bond donors (Lipinski definition) is 1. The second-order valence-electron chi connectivity index (χ2n) is 6.61. The predicted molar refractivity (Wildman–Crippen MR) is 115 cm³/mol. The van der Waals surface area contributed by atoms with Gasteiger partial charge < -0.3 is 10.2 Å². The maximum Gasteiger partial charge on any atom is 0.243 e. The highest BCUT2D eigenvalue weighted by Gasteiger charge is 2.30. The second-order valence-corrected chi connectivity index (χ2v) is 7.45. The Kier molecular flexibility index (Phi) is 8.81. The van der Waals surface area contributed by atoms with Crippen molar-refractivity contribution in [2.24, 2.45) is 0 Å². The number of nitrogens with zero attached hydrogens (tertiary/aromatic N) is 1. The zero-order chi connectivity index (χ0) is 20.5. The van der Waals surface area contributed by atoms with E-state index in [0.717, 1.165) is 11.1 Å². The van der Waals surface area contributed by atoms with Gasteiger partial charge in [0, 0.05) is 36.0 Å². The van der Waals surface area contributed by atoms with Crippen molar-refractivity contribution in [2.75, 3.05) is 6.54 Å². The zero-order valence-electron chi connectivity index (χ0n) is 16.3. The van der Waals surface area contributed by atoms with Gasteiger partial charge in [0.2, 0.25) is 11.8 Å². The molecule has 0 saturated carbocycles. The van der Waals surface area contributed by atoms with Crippen molar-refractivity contribution in [3.05, 3.63) is 69.7 Å². The van der Waals surface area contributed by atoms with Gasteiger partial charge in [-0.25, -0.2) is 0 Å². The molecule has 0 aromatic heterocycles. The molecule has 0 spiro atoms. The van der Waals surface area contributed by atoms with Crippen molar-refractivity contribution in [1.82, 2.24) is 10.2 Å². The molecule has 0 aliphatic rings. The molecular formula is C22H26Cl2N2O2. The molecule has 0 saturated heterocycles. The number of hydrogen-bond acceptors (Lipinski definition) is 2. The topological polar surface area (TPSA) is 49.4 Å². The normalized spacial score (nSPS) is 11.7. The lowest BCUT2D eigenvalue weighted by atomic mass is 10.0. The maximum absolute atomic E-state index is 12.9. The lowest BCUT2D eigenvalue weighted by Gasteiger charge is -2.31. The van der Waals surface area contributed by atoms with Gasteiger partial charge in [-0.05, 0) is 36.6 Å². The molecule has 0 heterocycles. The van der Waals surface area contributed by atoms with Gasteiger partial charge in [-0.15, -0.1) is 0 Å². The summed E-state index contributed by atoms with van der Waals surface area (Å²) < 4.78 is 0. The van der Waals surface area contributed by atoms with Crippen LogP contribution in [0.4, 0.5) is 0 Å². The van der Waals surface area contributed by atoms with Crippen molar-refractivity contribution in [3.8, 4) is 0 Å². The van der Waals surface area contributed by atoms with E-state index in [4.69, 9.17) is 23.2 Å². The Hall–Kier alpha value is -2.04. The molecule has 2 amide bonds. The Morgan fingerprint density at radius 3 is 2.39 bits per heavy atom. The van der Waals surface area contributed by atoms with Crippen LogP contribution in [0.5, 0.6) is 0 Å². The van der Waals surface area contributed by atoms with Crippen LogP contribution in [-0.2, 0) is 22.6 Å². The van der Waals surface area contributed by atoms with E-state index in [2.05, 4.69) is 5.32 Å². The zero-order valence-corrected chi connectivity index (χ0v) is 17.8. The van der Waals surface area contributed by atoms with E-state index < -0.39 is 6.04 Å². The van der Waals surface area contributed by atoms with Crippen molar-refractivity contribution in [1.29, 1.82) is 0 Å². The summed E-state index contributed by atoms with van der Waals surface area (Å²) in [7, 11) is 0. The molecule has 6 heteroatoms. The third-order valence-corrected chi connectivity index (χ3v) is 5.03. The van der Waals surface area contributed by atoms with Crippen LogP contribution in [-0.4, -0.2) is 29.3 Å². The molecule has 0 fully saturated rings. The van der Waals surface area contributed by atoms with E-state index in [1.807, 2.05) is 44.2 Å². The molecular weight excluding hydrogens is 395 g/mol. The van der Waals surface area contributed by atoms with E-state index >= 15 is 0 Å². The lowest BCUT2D eigenvalue weighted by Crippen LogP contribution is -2.50. The van der Waals surface area contributed by atoms with Crippen LogP contribution in [0.1, 0.15) is 37.8 Å². The fourth-order valence-corrected chi connectivity index (χ4v) is 3.51. The van der Waals surface area contributed by atoms with Gasteiger partial charge in [0.15, 0.2) is 0 Å². The van der Waals surface area contributed by atoms with Crippen LogP contribution < -0.4 is 5.32 Å². The summed E-state index contributed by atoms with van der Waals surface area (Å²) in [5.41, 5.74) is 1.76. The van der Waals surface area contributed by atoms with Crippen LogP contribution >= 0.6 is 23.2 Å². The molecule has 0 radical (unpaired) electrons. The Morgan fingerprint density at radius 2 is 1.79 bits per heavy atom. The summed E-state index contributed by atoms with van der Waals surface area (Å²) in [6, 6.07) is 14.3. The highest BCUT2D eigenvalue weighted by Crippen LogP contribution is 2.24. The van der Waals surface area contributed by atoms with Crippen LogP contribution in [0.15, 0.2) is 48.5 Å². The number of likely N-dealkylation sites (N-methyl/N-ethyl adjacent to an activating group) is 1. The lowest BCUT2D eigenvalue weighted by molar-refractivity contribution is -0.141. The van der Waals surface area contributed by atoms with Gasteiger partial charge in [0.1, 0.15) is 6.04 Å². The van der Waals surface area contributed by atoms with E-state index in [0.29, 0.717) is 35.9 Å². The third kappa shape index (κ3) is 6.25. The highest BCUT2D eigenvalue weighted by atomic mass is 35.5. The molecule has 1 atom stereocenters. The minimum atomic E-state index is -0.617. The van der Waals surface area contributed by atoms with Crippen molar-refractivity contribution in [2.45, 2.75) is 45.7 Å². The third-order valence-electron chi connectivity index (χ3n) is 4.44. The van der Waals surface area contributed by atoms with Gasteiger partial charge in [0.25, 0.3) is 0 Å². The SMILES string of the molecule is CCCC(=O)N(Cc1ccc(Cl)cc1Cl)C(Cc1ccccc1)C(=O)NCC. The molecule has 1 N–H and O–H groups in total. The summed E-state index contributed by atoms with van der Waals surface area (Å²) in [5.74, 6) is -0.235. The molecule has 2 aromatic carbocycles. The summed E-state index contributed by atoms with van der Waals surface area (Å²) in [5, 5.41) is 3.88. The van der Waals surface area contributed by atoms with Gasteiger partial charge in [-0.3, -0.25) is 9.59 Å². The van der Waals surface area contributed by atoms with E-state index in [1.165, 1.54) is 0 Å². The number of benzene rings is 2. The van der Waals surface area contributed by atoms with E-state index in [9.17, 15) is 9.59 Å². The minimum absolute atomic E-state index is 0.0688. The monoisotopic (exact) mass is 420 g/mol. The van der Waals surface area contributed by atoms with E-state index in [1.54, 1.807) is 23.1 Å².